The predicted octanol–water partition coefficient (Wildman–Crippen LogP) is 4.00. The minimum atomic E-state index is -0.529. The van der Waals surface area contributed by atoms with Gasteiger partial charge < -0.3 is 5.32 Å². The average molecular weight is 273 g/mol. The SMILES string of the molecule is Fc1ccc(CNC2CC(c3ccccc3)C2)c(F)c1. The summed E-state index contributed by atoms with van der Waals surface area (Å²) in [6, 6.07) is 14.6. The lowest BCUT2D eigenvalue weighted by molar-refractivity contribution is 0.288. The summed E-state index contributed by atoms with van der Waals surface area (Å²) in [7, 11) is 0. The van der Waals surface area contributed by atoms with Gasteiger partial charge in [0.25, 0.3) is 0 Å². The number of hydrogen-bond acceptors (Lipinski definition) is 1. The lowest BCUT2D eigenvalue weighted by Gasteiger charge is -2.36. The van der Waals surface area contributed by atoms with Gasteiger partial charge >= 0.3 is 0 Å². The van der Waals surface area contributed by atoms with Crippen molar-refractivity contribution in [2.45, 2.75) is 31.3 Å². The van der Waals surface area contributed by atoms with Crippen LogP contribution in [0.2, 0.25) is 0 Å². The summed E-state index contributed by atoms with van der Waals surface area (Å²) < 4.78 is 26.3. The largest absolute Gasteiger partial charge is 0.310 e. The van der Waals surface area contributed by atoms with Crippen molar-refractivity contribution in [2.75, 3.05) is 0 Å². The number of hydrogen-bond donors (Lipinski definition) is 1. The van der Waals surface area contributed by atoms with Crippen LogP contribution in [0.1, 0.15) is 29.9 Å². The molecular formula is C17H17F2N. The molecule has 0 unspecified atom stereocenters. The van der Waals surface area contributed by atoms with Crippen LogP contribution < -0.4 is 5.32 Å². The number of benzene rings is 2. The predicted molar refractivity (Wildman–Crippen MR) is 75.4 cm³/mol. The molecular weight excluding hydrogens is 256 g/mol. The monoisotopic (exact) mass is 273 g/mol. The number of nitrogens with one attached hydrogen (secondary N) is 1. The summed E-state index contributed by atoms with van der Waals surface area (Å²) in [5, 5.41) is 3.33. The van der Waals surface area contributed by atoms with Gasteiger partial charge in [-0.2, -0.15) is 0 Å². The van der Waals surface area contributed by atoms with Crippen LogP contribution in [0.3, 0.4) is 0 Å². The molecule has 0 aromatic heterocycles. The molecule has 0 bridgehead atoms. The van der Waals surface area contributed by atoms with E-state index in [0.29, 0.717) is 24.1 Å². The van der Waals surface area contributed by atoms with Gasteiger partial charge in [0, 0.05) is 24.2 Å². The van der Waals surface area contributed by atoms with Crippen LogP contribution in [0.25, 0.3) is 0 Å². The molecule has 1 saturated carbocycles. The van der Waals surface area contributed by atoms with E-state index in [1.807, 2.05) is 6.07 Å². The van der Waals surface area contributed by atoms with Crippen LogP contribution in [0, 0.1) is 11.6 Å². The Labute approximate surface area is 117 Å². The Morgan fingerprint density at radius 3 is 2.45 bits per heavy atom. The molecule has 104 valence electrons. The first-order valence-corrected chi connectivity index (χ1v) is 6.94. The summed E-state index contributed by atoms with van der Waals surface area (Å²) in [6.45, 7) is 0.457. The first-order valence-electron chi connectivity index (χ1n) is 6.94. The van der Waals surface area contributed by atoms with Crippen molar-refractivity contribution >= 4 is 0 Å². The molecule has 0 spiro atoms. The van der Waals surface area contributed by atoms with Crippen LogP contribution in [0.5, 0.6) is 0 Å². The van der Waals surface area contributed by atoms with Gasteiger partial charge in [-0.1, -0.05) is 36.4 Å². The third-order valence-electron chi connectivity index (χ3n) is 4.01. The van der Waals surface area contributed by atoms with Crippen LogP contribution in [0.15, 0.2) is 48.5 Å². The standard InChI is InChI=1S/C17H17F2N/c18-15-7-6-13(17(19)10-15)11-20-16-8-14(9-16)12-4-2-1-3-5-12/h1-7,10,14,16,20H,8-9,11H2. The minimum absolute atomic E-state index is 0.421. The lowest BCUT2D eigenvalue weighted by Crippen LogP contribution is -2.39. The van der Waals surface area contributed by atoms with E-state index >= 15 is 0 Å². The molecule has 20 heavy (non-hydrogen) atoms. The van der Waals surface area contributed by atoms with E-state index in [-0.39, 0.29) is 0 Å². The van der Waals surface area contributed by atoms with Crippen LogP contribution >= 0.6 is 0 Å². The van der Waals surface area contributed by atoms with E-state index in [0.717, 1.165) is 18.9 Å². The third-order valence-corrected chi connectivity index (χ3v) is 4.01. The second-order valence-corrected chi connectivity index (χ2v) is 5.39. The minimum Gasteiger partial charge on any atom is -0.310 e. The van der Waals surface area contributed by atoms with Crippen molar-refractivity contribution < 1.29 is 8.78 Å². The second-order valence-electron chi connectivity index (χ2n) is 5.39. The lowest BCUT2D eigenvalue weighted by atomic mass is 9.76. The topological polar surface area (TPSA) is 12.0 Å². The van der Waals surface area contributed by atoms with Crippen molar-refractivity contribution in [1.82, 2.24) is 5.32 Å². The van der Waals surface area contributed by atoms with Gasteiger partial charge in [0.2, 0.25) is 0 Å². The summed E-state index contributed by atoms with van der Waals surface area (Å²) >= 11 is 0. The fraction of sp³-hybridized carbons (Fsp3) is 0.294. The highest BCUT2D eigenvalue weighted by Crippen LogP contribution is 2.36. The summed E-state index contributed by atoms with van der Waals surface area (Å²) in [5.74, 6) is -0.401. The Bertz CT molecular complexity index is 577. The molecule has 0 atom stereocenters. The van der Waals surface area contributed by atoms with E-state index in [1.54, 1.807) is 0 Å². The fourth-order valence-electron chi connectivity index (χ4n) is 2.70. The van der Waals surface area contributed by atoms with E-state index in [1.165, 1.54) is 17.7 Å². The Balaban J connectivity index is 1.50. The zero-order chi connectivity index (χ0) is 13.9. The molecule has 2 aromatic rings. The van der Waals surface area contributed by atoms with Gasteiger partial charge in [0.1, 0.15) is 11.6 Å². The summed E-state index contributed by atoms with van der Waals surface area (Å²) in [4.78, 5) is 0. The maximum absolute atomic E-state index is 13.5. The summed E-state index contributed by atoms with van der Waals surface area (Å²) in [6.07, 6.45) is 2.15. The molecule has 1 aliphatic rings. The highest BCUT2D eigenvalue weighted by molar-refractivity contribution is 5.23. The van der Waals surface area contributed by atoms with Gasteiger partial charge in [0.15, 0.2) is 0 Å². The van der Waals surface area contributed by atoms with E-state index < -0.39 is 11.6 Å². The Kier molecular flexibility index (Phi) is 3.79. The summed E-state index contributed by atoms with van der Waals surface area (Å²) in [5.41, 5.74) is 1.90. The number of halogens is 2. The van der Waals surface area contributed by atoms with Gasteiger partial charge in [-0.15, -0.1) is 0 Å². The molecule has 0 radical (unpaired) electrons. The second kappa shape index (κ2) is 5.71. The van der Waals surface area contributed by atoms with Crippen LogP contribution in [-0.2, 0) is 6.54 Å². The van der Waals surface area contributed by atoms with Crippen molar-refractivity contribution in [3.63, 3.8) is 0 Å². The van der Waals surface area contributed by atoms with Crippen molar-refractivity contribution in [1.29, 1.82) is 0 Å². The fourth-order valence-corrected chi connectivity index (χ4v) is 2.70. The molecule has 0 aliphatic heterocycles. The van der Waals surface area contributed by atoms with Gasteiger partial charge in [0.05, 0.1) is 0 Å². The Hall–Kier alpha value is -1.74. The molecule has 0 amide bonds. The quantitative estimate of drug-likeness (QED) is 0.887. The van der Waals surface area contributed by atoms with Crippen LogP contribution in [0.4, 0.5) is 8.78 Å². The highest BCUT2D eigenvalue weighted by Gasteiger charge is 2.29. The van der Waals surface area contributed by atoms with E-state index in [4.69, 9.17) is 0 Å². The maximum atomic E-state index is 13.5. The Morgan fingerprint density at radius 2 is 1.75 bits per heavy atom. The molecule has 3 heteroatoms. The third kappa shape index (κ3) is 2.88. The molecule has 1 fully saturated rings. The molecule has 1 aliphatic carbocycles. The first-order chi connectivity index (χ1) is 9.72. The van der Waals surface area contributed by atoms with Crippen molar-refractivity contribution in [3.05, 3.63) is 71.3 Å². The highest BCUT2D eigenvalue weighted by atomic mass is 19.1. The van der Waals surface area contributed by atoms with Gasteiger partial charge in [-0.05, 0) is 30.4 Å². The van der Waals surface area contributed by atoms with Crippen LogP contribution in [-0.4, -0.2) is 6.04 Å². The van der Waals surface area contributed by atoms with E-state index in [9.17, 15) is 8.78 Å². The zero-order valence-electron chi connectivity index (χ0n) is 11.2. The molecule has 2 aromatic carbocycles. The smallest absolute Gasteiger partial charge is 0.130 e. The normalized spacial score (nSPS) is 21.5. The zero-order valence-corrected chi connectivity index (χ0v) is 11.2. The molecule has 0 heterocycles. The van der Waals surface area contributed by atoms with Gasteiger partial charge in [-0.3, -0.25) is 0 Å². The van der Waals surface area contributed by atoms with E-state index in [2.05, 4.69) is 29.6 Å². The Morgan fingerprint density at radius 1 is 1.00 bits per heavy atom. The molecule has 0 saturated heterocycles. The molecule has 3 rings (SSSR count). The van der Waals surface area contributed by atoms with Crippen molar-refractivity contribution in [3.8, 4) is 0 Å². The maximum Gasteiger partial charge on any atom is 0.130 e. The number of rotatable bonds is 4. The first kappa shape index (κ1) is 13.3. The average Bonchev–Trinajstić information content (AvgIpc) is 2.40. The molecule has 1 nitrogen and oxygen atoms in total. The molecule has 1 N–H and O–H groups in total. The van der Waals surface area contributed by atoms with Gasteiger partial charge in [-0.25, -0.2) is 8.78 Å². The van der Waals surface area contributed by atoms with Crippen molar-refractivity contribution in [2.24, 2.45) is 0 Å².